The van der Waals surface area contributed by atoms with E-state index in [1.165, 1.54) is 36.0 Å². The van der Waals surface area contributed by atoms with Crippen molar-refractivity contribution in [1.29, 1.82) is 0 Å². The van der Waals surface area contributed by atoms with E-state index in [1.807, 2.05) is 6.26 Å². The van der Waals surface area contributed by atoms with E-state index in [2.05, 4.69) is 4.72 Å². The average Bonchev–Trinajstić information content (AvgIpc) is 2.43. The van der Waals surface area contributed by atoms with Gasteiger partial charge in [-0.3, -0.25) is 4.79 Å². The summed E-state index contributed by atoms with van der Waals surface area (Å²) in [6.45, 7) is 3.44. The number of esters is 1. The van der Waals surface area contributed by atoms with Gasteiger partial charge < -0.3 is 4.74 Å². The van der Waals surface area contributed by atoms with Crippen molar-refractivity contribution in [2.45, 2.75) is 37.3 Å². The number of benzene rings is 1. The van der Waals surface area contributed by atoms with Crippen LogP contribution in [0.3, 0.4) is 0 Å². The number of sulfonamides is 1. The molecule has 0 amide bonds. The lowest BCUT2D eigenvalue weighted by molar-refractivity contribution is -0.149. The second-order valence-corrected chi connectivity index (χ2v) is 8.03. The van der Waals surface area contributed by atoms with Crippen molar-refractivity contribution < 1.29 is 17.9 Å². The van der Waals surface area contributed by atoms with Crippen LogP contribution in [0.4, 0.5) is 0 Å². The lowest BCUT2D eigenvalue weighted by Crippen LogP contribution is -2.42. The van der Waals surface area contributed by atoms with Crippen molar-refractivity contribution in [2.24, 2.45) is 0 Å². The van der Waals surface area contributed by atoms with Gasteiger partial charge in [0.1, 0.15) is 6.04 Å². The van der Waals surface area contributed by atoms with Gasteiger partial charge >= 0.3 is 5.97 Å². The minimum atomic E-state index is -3.81. The van der Waals surface area contributed by atoms with Gasteiger partial charge in [-0.1, -0.05) is 11.6 Å². The maximum absolute atomic E-state index is 12.3. The van der Waals surface area contributed by atoms with Crippen LogP contribution in [0.25, 0.3) is 0 Å². The number of carbonyl (C=O) groups excluding carboxylic acids is 1. The molecule has 124 valence electrons. The molecule has 1 rings (SSSR count). The smallest absolute Gasteiger partial charge is 0.324 e. The quantitative estimate of drug-likeness (QED) is 0.717. The molecule has 8 heteroatoms. The van der Waals surface area contributed by atoms with E-state index in [4.69, 9.17) is 16.3 Å². The molecule has 0 aliphatic rings. The van der Waals surface area contributed by atoms with Crippen LogP contribution in [0, 0.1) is 0 Å². The maximum Gasteiger partial charge on any atom is 0.324 e. The van der Waals surface area contributed by atoms with Crippen LogP contribution in [0.15, 0.2) is 29.2 Å². The van der Waals surface area contributed by atoms with Gasteiger partial charge in [0.2, 0.25) is 10.0 Å². The predicted molar refractivity (Wildman–Crippen MR) is 89.8 cm³/mol. The third-order valence-corrected chi connectivity index (χ3v) is 5.05. The normalized spacial score (nSPS) is 13.1. The molecule has 1 atom stereocenters. The summed E-state index contributed by atoms with van der Waals surface area (Å²) in [7, 11) is -3.81. The Balaban J connectivity index is 2.91. The van der Waals surface area contributed by atoms with Crippen LogP contribution in [-0.2, 0) is 19.6 Å². The number of thioether (sulfide) groups is 1. The van der Waals surface area contributed by atoms with Crippen LogP contribution in [0.1, 0.15) is 20.3 Å². The highest BCUT2D eigenvalue weighted by Crippen LogP contribution is 2.15. The third-order valence-electron chi connectivity index (χ3n) is 2.67. The average molecular weight is 366 g/mol. The van der Waals surface area contributed by atoms with Gasteiger partial charge in [-0.25, -0.2) is 8.42 Å². The molecule has 0 spiro atoms. The summed E-state index contributed by atoms with van der Waals surface area (Å²) in [5.41, 5.74) is 0. The predicted octanol–water partition coefficient (Wildman–Crippen LogP) is 2.69. The van der Waals surface area contributed by atoms with Crippen molar-refractivity contribution in [3.8, 4) is 0 Å². The number of ether oxygens (including phenoxy) is 1. The Bertz CT molecular complexity index is 587. The summed E-state index contributed by atoms with van der Waals surface area (Å²) < 4.78 is 32.2. The second-order valence-electron chi connectivity index (χ2n) is 4.89. The molecule has 0 heterocycles. The van der Waals surface area contributed by atoms with Crippen LogP contribution >= 0.6 is 23.4 Å². The summed E-state index contributed by atoms with van der Waals surface area (Å²) in [5.74, 6) is 0.0719. The molecule has 0 aromatic heterocycles. The molecule has 0 bridgehead atoms. The zero-order valence-corrected chi connectivity index (χ0v) is 15.1. The van der Waals surface area contributed by atoms with Gasteiger partial charge in [0, 0.05) is 5.02 Å². The van der Waals surface area contributed by atoms with E-state index >= 15 is 0 Å². The van der Waals surface area contributed by atoms with E-state index in [0.29, 0.717) is 17.2 Å². The standard InChI is InChI=1S/C14H20ClNO4S2/c1-10(2)20-14(17)13(8-9-21-3)16-22(18,19)12-6-4-11(15)5-7-12/h4-7,10,13,16H,8-9H2,1-3H3. The summed E-state index contributed by atoms with van der Waals surface area (Å²) in [5, 5.41) is 0.442. The summed E-state index contributed by atoms with van der Waals surface area (Å²) in [4.78, 5) is 12.1. The third kappa shape index (κ3) is 6.16. The Kier molecular flexibility index (Phi) is 7.68. The van der Waals surface area contributed by atoms with Gasteiger partial charge in [-0.05, 0) is 56.5 Å². The van der Waals surface area contributed by atoms with Crippen molar-refractivity contribution in [3.63, 3.8) is 0 Å². The SMILES string of the molecule is CSCCC(NS(=O)(=O)c1ccc(Cl)cc1)C(=O)OC(C)C. The lowest BCUT2D eigenvalue weighted by atomic mass is 10.2. The molecule has 1 N–H and O–H groups in total. The molecular weight excluding hydrogens is 346 g/mol. The van der Waals surface area contributed by atoms with Crippen molar-refractivity contribution in [2.75, 3.05) is 12.0 Å². The second kappa shape index (κ2) is 8.76. The van der Waals surface area contributed by atoms with Gasteiger partial charge in [-0.15, -0.1) is 0 Å². The molecule has 0 radical (unpaired) electrons. The van der Waals surface area contributed by atoms with Gasteiger partial charge in [0.25, 0.3) is 0 Å². The van der Waals surface area contributed by atoms with Gasteiger partial charge in [0.15, 0.2) is 0 Å². The number of halogens is 1. The summed E-state index contributed by atoms with van der Waals surface area (Å²) in [6.07, 6.45) is 1.95. The number of hydrogen-bond donors (Lipinski definition) is 1. The monoisotopic (exact) mass is 365 g/mol. The molecule has 0 fully saturated rings. The Labute approximate surface area is 140 Å². The summed E-state index contributed by atoms with van der Waals surface area (Å²) in [6, 6.07) is 4.85. The van der Waals surface area contributed by atoms with Crippen LogP contribution < -0.4 is 4.72 Å². The van der Waals surface area contributed by atoms with Crippen molar-refractivity contribution in [3.05, 3.63) is 29.3 Å². The molecule has 22 heavy (non-hydrogen) atoms. The molecule has 5 nitrogen and oxygen atoms in total. The zero-order valence-electron chi connectivity index (χ0n) is 12.7. The van der Waals surface area contributed by atoms with Crippen LogP contribution in [0.2, 0.25) is 5.02 Å². The maximum atomic E-state index is 12.3. The summed E-state index contributed by atoms with van der Waals surface area (Å²) >= 11 is 7.28. The first kappa shape index (κ1) is 19.3. The topological polar surface area (TPSA) is 72.5 Å². The molecular formula is C14H20ClNO4S2. The highest BCUT2D eigenvalue weighted by atomic mass is 35.5. The minimum Gasteiger partial charge on any atom is -0.462 e. The Hall–Kier alpha value is -0.760. The molecule has 0 saturated carbocycles. The largest absolute Gasteiger partial charge is 0.462 e. The van der Waals surface area contributed by atoms with Gasteiger partial charge in [-0.2, -0.15) is 16.5 Å². The highest BCUT2D eigenvalue weighted by molar-refractivity contribution is 7.98. The molecule has 1 aromatic rings. The zero-order chi connectivity index (χ0) is 16.8. The van der Waals surface area contributed by atoms with Crippen LogP contribution in [0.5, 0.6) is 0 Å². The number of carbonyl (C=O) groups is 1. The van der Waals surface area contributed by atoms with E-state index in [1.54, 1.807) is 13.8 Å². The van der Waals surface area contributed by atoms with E-state index in [0.717, 1.165) is 0 Å². The molecule has 1 unspecified atom stereocenters. The fourth-order valence-electron chi connectivity index (χ4n) is 1.64. The number of rotatable bonds is 8. The molecule has 0 saturated heterocycles. The van der Waals surface area contributed by atoms with Crippen molar-refractivity contribution >= 4 is 39.4 Å². The number of hydrogen-bond acceptors (Lipinski definition) is 5. The first-order valence-electron chi connectivity index (χ1n) is 6.73. The fourth-order valence-corrected chi connectivity index (χ4v) is 3.46. The molecule has 1 aromatic carbocycles. The Morgan fingerprint density at radius 2 is 1.91 bits per heavy atom. The fraction of sp³-hybridized carbons (Fsp3) is 0.500. The number of nitrogens with one attached hydrogen (secondary N) is 1. The minimum absolute atomic E-state index is 0.0587. The Morgan fingerprint density at radius 3 is 2.41 bits per heavy atom. The Morgan fingerprint density at radius 1 is 1.32 bits per heavy atom. The molecule has 0 aliphatic carbocycles. The van der Waals surface area contributed by atoms with E-state index < -0.39 is 22.0 Å². The highest BCUT2D eigenvalue weighted by Gasteiger charge is 2.27. The van der Waals surface area contributed by atoms with E-state index in [9.17, 15) is 13.2 Å². The van der Waals surface area contributed by atoms with E-state index in [-0.39, 0.29) is 11.0 Å². The first-order valence-corrected chi connectivity index (χ1v) is 9.99. The van der Waals surface area contributed by atoms with Gasteiger partial charge in [0.05, 0.1) is 11.0 Å². The van der Waals surface area contributed by atoms with Crippen LogP contribution in [-0.4, -0.2) is 38.5 Å². The molecule has 0 aliphatic heterocycles. The lowest BCUT2D eigenvalue weighted by Gasteiger charge is -2.19. The first-order chi connectivity index (χ1) is 10.3. The van der Waals surface area contributed by atoms with Crippen molar-refractivity contribution in [1.82, 2.24) is 4.72 Å².